The molecule has 1 heterocycles. The van der Waals surface area contributed by atoms with Crippen molar-refractivity contribution in [2.24, 2.45) is 0 Å². The van der Waals surface area contributed by atoms with E-state index in [9.17, 15) is 4.79 Å². The molecule has 21 heavy (non-hydrogen) atoms. The van der Waals surface area contributed by atoms with Gasteiger partial charge < -0.3 is 10.6 Å². The first-order valence-electron chi connectivity index (χ1n) is 6.93. The molecule has 0 aliphatic heterocycles. The van der Waals surface area contributed by atoms with Crippen LogP contribution >= 0.6 is 11.6 Å². The lowest BCUT2D eigenvalue weighted by Crippen LogP contribution is -2.16. The fraction of sp³-hybridized carbons (Fsp3) is 0.250. The van der Waals surface area contributed by atoms with Gasteiger partial charge in [0.15, 0.2) is 5.15 Å². The Morgan fingerprint density at radius 3 is 2.76 bits per heavy atom. The average Bonchev–Trinajstić information content (AvgIpc) is 3.27. The molecule has 2 N–H and O–H groups in total. The van der Waals surface area contributed by atoms with E-state index in [0.717, 1.165) is 24.1 Å². The lowest BCUT2D eigenvalue weighted by Gasteiger charge is -2.13. The Balaban J connectivity index is 1.85. The van der Waals surface area contributed by atoms with Gasteiger partial charge in [-0.3, -0.25) is 4.79 Å². The first-order chi connectivity index (χ1) is 10.1. The van der Waals surface area contributed by atoms with Gasteiger partial charge in [0.2, 0.25) is 0 Å². The van der Waals surface area contributed by atoms with E-state index in [1.165, 1.54) is 0 Å². The van der Waals surface area contributed by atoms with Crippen molar-refractivity contribution in [2.75, 3.05) is 10.6 Å². The molecule has 0 spiro atoms. The number of carbonyl (C=O) groups is 1. The van der Waals surface area contributed by atoms with E-state index in [4.69, 9.17) is 11.6 Å². The van der Waals surface area contributed by atoms with E-state index < -0.39 is 0 Å². The molecule has 1 aliphatic rings. The SMILES string of the molecule is Cc1ccnc(Cl)c1NC(=O)c1ccccc1NC1CC1. The molecular formula is C16H16ClN3O. The van der Waals surface area contributed by atoms with E-state index in [2.05, 4.69) is 15.6 Å². The number of hydrogen-bond donors (Lipinski definition) is 2. The smallest absolute Gasteiger partial charge is 0.257 e. The summed E-state index contributed by atoms with van der Waals surface area (Å²) < 4.78 is 0. The predicted octanol–water partition coefficient (Wildman–Crippen LogP) is 3.87. The highest BCUT2D eigenvalue weighted by molar-refractivity contribution is 6.33. The van der Waals surface area contributed by atoms with E-state index in [-0.39, 0.29) is 5.91 Å². The third-order valence-electron chi connectivity index (χ3n) is 3.46. The monoisotopic (exact) mass is 301 g/mol. The normalized spacial score (nSPS) is 13.8. The van der Waals surface area contributed by atoms with Gasteiger partial charge in [0.25, 0.3) is 5.91 Å². The summed E-state index contributed by atoms with van der Waals surface area (Å²) in [6.07, 6.45) is 3.93. The number of benzene rings is 1. The summed E-state index contributed by atoms with van der Waals surface area (Å²) in [5, 5.41) is 6.53. The van der Waals surface area contributed by atoms with Gasteiger partial charge in [0.05, 0.1) is 11.3 Å². The third kappa shape index (κ3) is 3.16. The predicted molar refractivity (Wildman–Crippen MR) is 85.0 cm³/mol. The highest BCUT2D eigenvalue weighted by atomic mass is 35.5. The lowest BCUT2D eigenvalue weighted by molar-refractivity contribution is 0.102. The minimum Gasteiger partial charge on any atom is -0.382 e. The van der Waals surface area contributed by atoms with Crippen molar-refractivity contribution in [3.8, 4) is 0 Å². The van der Waals surface area contributed by atoms with Crippen LogP contribution in [0.2, 0.25) is 5.15 Å². The Kier molecular flexibility index (Phi) is 3.80. The number of aromatic nitrogens is 1. The molecule has 1 fully saturated rings. The van der Waals surface area contributed by atoms with Crippen LogP contribution in [0.15, 0.2) is 36.5 Å². The van der Waals surface area contributed by atoms with Gasteiger partial charge in [-0.25, -0.2) is 4.98 Å². The second-order valence-corrected chi connectivity index (χ2v) is 5.57. The van der Waals surface area contributed by atoms with Gasteiger partial charge in [-0.05, 0) is 43.5 Å². The van der Waals surface area contributed by atoms with Gasteiger partial charge >= 0.3 is 0 Å². The number of amides is 1. The van der Waals surface area contributed by atoms with Crippen molar-refractivity contribution in [3.63, 3.8) is 0 Å². The summed E-state index contributed by atoms with van der Waals surface area (Å²) in [6, 6.07) is 9.80. The molecule has 0 radical (unpaired) electrons. The van der Waals surface area contributed by atoms with Crippen molar-refractivity contribution in [1.82, 2.24) is 4.98 Å². The topological polar surface area (TPSA) is 54.0 Å². The molecule has 1 amide bonds. The number of pyridine rings is 1. The quantitative estimate of drug-likeness (QED) is 0.843. The van der Waals surface area contributed by atoms with Crippen LogP contribution in [0.4, 0.5) is 11.4 Å². The molecular weight excluding hydrogens is 286 g/mol. The molecule has 1 aliphatic carbocycles. The standard InChI is InChI=1S/C16H16ClN3O/c1-10-8-9-18-15(17)14(10)20-16(21)12-4-2-3-5-13(12)19-11-6-7-11/h2-5,8-9,11,19H,6-7H2,1H3,(H,20,21). The van der Waals surface area contributed by atoms with Gasteiger partial charge in [0, 0.05) is 17.9 Å². The first kappa shape index (κ1) is 13.9. The molecule has 3 rings (SSSR count). The molecule has 0 bridgehead atoms. The average molecular weight is 302 g/mol. The van der Waals surface area contributed by atoms with Crippen molar-refractivity contribution >= 4 is 28.9 Å². The molecule has 1 aromatic heterocycles. The minimum atomic E-state index is -0.184. The maximum Gasteiger partial charge on any atom is 0.257 e. The Bertz CT molecular complexity index is 663. The number of para-hydroxylation sites is 1. The molecule has 1 aromatic carbocycles. The summed E-state index contributed by atoms with van der Waals surface area (Å²) in [7, 11) is 0. The van der Waals surface area contributed by atoms with Crippen LogP contribution in [0, 0.1) is 6.92 Å². The number of anilines is 2. The Morgan fingerprint density at radius 1 is 1.29 bits per heavy atom. The minimum absolute atomic E-state index is 0.184. The van der Waals surface area contributed by atoms with Gasteiger partial charge in [0.1, 0.15) is 0 Å². The number of nitrogens with zero attached hydrogens (tertiary/aromatic N) is 1. The van der Waals surface area contributed by atoms with Crippen LogP contribution in [-0.4, -0.2) is 16.9 Å². The Labute approximate surface area is 128 Å². The second-order valence-electron chi connectivity index (χ2n) is 5.21. The number of aryl methyl sites for hydroxylation is 1. The number of rotatable bonds is 4. The van der Waals surface area contributed by atoms with Crippen LogP contribution in [-0.2, 0) is 0 Å². The van der Waals surface area contributed by atoms with Crippen LogP contribution in [0.1, 0.15) is 28.8 Å². The zero-order valence-corrected chi connectivity index (χ0v) is 12.4. The molecule has 0 atom stereocenters. The van der Waals surface area contributed by atoms with E-state index >= 15 is 0 Å². The molecule has 0 saturated heterocycles. The Hall–Kier alpha value is -2.07. The number of halogens is 1. The van der Waals surface area contributed by atoms with Gasteiger partial charge in [-0.2, -0.15) is 0 Å². The van der Waals surface area contributed by atoms with Crippen molar-refractivity contribution in [3.05, 3.63) is 52.8 Å². The van der Waals surface area contributed by atoms with Crippen molar-refractivity contribution < 1.29 is 4.79 Å². The molecule has 1 saturated carbocycles. The highest BCUT2D eigenvalue weighted by Gasteiger charge is 2.23. The number of nitrogens with one attached hydrogen (secondary N) is 2. The molecule has 4 nitrogen and oxygen atoms in total. The summed E-state index contributed by atoms with van der Waals surface area (Å²) in [4.78, 5) is 16.5. The summed E-state index contributed by atoms with van der Waals surface area (Å²) in [6.45, 7) is 1.89. The van der Waals surface area contributed by atoms with E-state index in [1.54, 1.807) is 12.3 Å². The summed E-state index contributed by atoms with van der Waals surface area (Å²) in [5.74, 6) is -0.184. The lowest BCUT2D eigenvalue weighted by atomic mass is 10.1. The zero-order chi connectivity index (χ0) is 14.8. The second kappa shape index (κ2) is 5.74. The van der Waals surface area contributed by atoms with E-state index in [1.807, 2.05) is 31.2 Å². The number of carbonyl (C=O) groups excluding carboxylic acids is 1. The summed E-state index contributed by atoms with van der Waals surface area (Å²) >= 11 is 6.05. The third-order valence-corrected chi connectivity index (χ3v) is 3.75. The molecule has 5 heteroatoms. The molecule has 2 aromatic rings. The maximum absolute atomic E-state index is 12.5. The molecule has 108 valence electrons. The molecule has 0 unspecified atom stereocenters. The largest absolute Gasteiger partial charge is 0.382 e. The van der Waals surface area contributed by atoms with Gasteiger partial charge in [-0.15, -0.1) is 0 Å². The van der Waals surface area contributed by atoms with Crippen molar-refractivity contribution in [1.29, 1.82) is 0 Å². The van der Waals surface area contributed by atoms with Crippen LogP contribution in [0.25, 0.3) is 0 Å². The van der Waals surface area contributed by atoms with E-state index in [0.29, 0.717) is 22.4 Å². The fourth-order valence-electron chi connectivity index (χ4n) is 2.11. The highest BCUT2D eigenvalue weighted by Crippen LogP contribution is 2.28. The first-order valence-corrected chi connectivity index (χ1v) is 7.31. The van der Waals surface area contributed by atoms with Crippen molar-refractivity contribution in [2.45, 2.75) is 25.8 Å². The van der Waals surface area contributed by atoms with Crippen LogP contribution in [0.5, 0.6) is 0 Å². The fourth-order valence-corrected chi connectivity index (χ4v) is 2.36. The van der Waals surface area contributed by atoms with Crippen LogP contribution < -0.4 is 10.6 Å². The van der Waals surface area contributed by atoms with Gasteiger partial charge in [-0.1, -0.05) is 23.7 Å². The van der Waals surface area contributed by atoms with Crippen LogP contribution in [0.3, 0.4) is 0 Å². The zero-order valence-electron chi connectivity index (χ0n) is 11.7. The maximum atomic E-state index is 12.5. The summed E-state index contributed by atoms with van der Waals surface area (Å²) in [5.41, 5.74) is 2.92. The number of hydrogen-bond acceptors (Lipinski definition) is 3. The Morgan fingerprint density at radius 2 is 2.05 bits per heavy atom.